The summed E-state index contributed by atoms with van der Waals surface area (Å²) in [6, 6.07) is 0.414. The Kier molecular flexibility index (Phi) is 7.95. The fourth-order valence-corrected chi connectivity index (χ4v) is 7.21. The van der Waals surface area contributed by atoms with E-state index in [0.29, 0.717) is 42.6 Å². The summed E-state index contributed by atoms with van der Waals surface area (Å²) in [4.78, 5) is 35.5. The number of aromatic nitrogens is 2. The van der Waals surface area contributed by atoms with Crippen LogP contribution in [0.2, 0.25) is 0 Å². The second-order valence-corrected chi connectivity index (χ2v) is 11.1. The highest BCUT2D eigenvalue weighted by Gasteiger charge is 2.35. The van der Waals surface area contributed by atoms with Crippen LogP contribution in [0.4, 0.5) is 0 Å². The summed E-state index contributed by atoms with van der Waals surface area (Å²) >= 11 is 2.99. The lowest BCUT2D eigenvalue weighted by atomic mass is 9.78. The Bertz CT molecular complexity index is 1010. The van der Waals surface area contributed by atoms with E-state index in [0.717, 1.165) is 46.5 Å². The summed E-state index contributed by atoms with van der Waals surface area (Å²) in [7, 11) is 0. The van der Waals surface area contributed by atoms with E-state index < -0.39 is 0 Å². The average Bonchev–Trinajstić information content (AvgIpc) is 3.09. The minimum Gasteiger partial charge on any atom is -0.382 e. The van der Waals surface area contributed by atoms with E-state index in [1.807, 2.05) is 20.8 Å². The Labute approximate surface area is 198 Å². The predicted octanol–water partition coefficient (Wildman–Crippen LogP) is 4.77. The van der Waals surface area contributed by atoms with Crippen molar-refractivity contribution in [2.45, 2.75) is 83.5 Å². The number of carbonyl (C=O) groups excluding carboxylic acids is 1. The van der Waals surface area contributed by atoms with Crippen LogP contribution in [0.5, 0.6) is 0 Å². The molecule has 1 amide bonds. The number of rotatable bonds is 8. The van der Waals surface area contributed by atoms with Crippen LogP contribution in [0.3, 0.4) is 0 Å². The first kappa shape index (κ1) is 23.8. The molecule has 1 aliphatic heterocycles. The average molecular weight is 478 g/mol. The van der Waals surface area contributed by atoms with E-state index in [4.69, 9.17) is 9.72 Å². The fraction of sp³-hybridized carbons (Fsp3) is 0.708. The lowest BCUT2D eigenvalue weighted by Crippen LogP contribution is -2.50. The monoisotopic (exact) mass is 477 g/mol. The molecule has 8 heteroatoms. The minimum absolute atomic E-state index is 0.00798. The summed E-state index contributed by atoms with van der Waals surface area (Å²) in [5.41, 5.74) is 1.03. The first-order valence-electron chi connectivity index (χ1n) is 12.0. The van der Waals surface area contributed by atoms with E-state index in [9.17, 15) is 9.59 Å². The van der Waals surface area contributed by atoms with Gasteiger partial charge in [0.15, 0.2) is 5.16 Å². The van der Waals surface area contributed by atoms with Crippen molar-refractivity contribution < 1.29 is 9.53 Å². The smallest absolute Gasteiger partial charge is 0.263 e. The van der Waals surface area contributed by atoms with Gasteiger partial charge in [-0.2, -0.15) is 0 Å². The van der Waals surface area contributed by atoms with Crippen molar-refractivity contribution in [3.63, 3.8) is 0 Å². The van der Waals surface area contributed by atoms with Crippen molar-refractivity contribution in [1.82, 2.24) is 14.5 Å². The van der Waals surface area contributed by atoms with Crippen LogP contribution in [0.1, 0.15) is 62.3 Å². The largest absolute Gasteiger partial charge is 0.382 e. The number of carbonyl (C=O) groups is 1. The van der Waals surface area contributed by atoms with Gasteiger partial charge in [0, 0.05) is 37.2 Å². The molecule has 2 atom stereocenters. The Hall–Kier alpha value is -1.38. The molecule has 2 fully saturated rings. The number of thioether (sulfide) groups is 1. The molecule has 2 aromatic rings. The van der Waals surface area contributed by atoms with E-state index >= 15 is 0 Å². The number of nitrogens with zero attached hydrogens (tertiary/aromatic N) is 3. The number of hydrogen-bond donors (Lipinski definition) is 0. The molecule has 0 radical (unpaired) electrons. The zero-order chi connectivity index (χ0) is 22.7. The van der Waals surface area contributed by atoms with Gasteiger partial charge in [-0.15, -0.1) is 11.3 Å². The van der Waals surface area contributed by atoms with Gasteiger partial charge in [0.1, 0.15) is 4.83 Å². The third-order valence-electron chi connectivity index (χ3n) is 7.02. The van der Waals surface area contributed by atoms with E-state index in [1.54, 1.807) is 15.9 Å². The third-order valence-corrected chi connectivity index (χ3v) is 9.08. The molecule has 1 saturated carbocycles. The zero-order valence-electron chi connectivity index (χ0n) is 19.5. The van der Waals surface area contributed by atoms with Crippen LogP contribution >= 0.6 is 23.1 Å². The second kappa shape index (κ2) is 10.7. The normalized spacial score (nSPS) is 21.2. The van der Waals surface area contributed by atoms with Gasteiger partial charge in [0.05, 0.1) is 11.1 Å². The van der Waals surface area contributed by atoms with Crippen molar-refractivity contribution in [2.75, 3.05) is 25.5 Å². The molecule has 4 rings (SSSR count). The Morgan fingerprint density at radius 3 is 2.81 bits per heavy atom. The maximum absolute atomic E-state index is 13.4. The molecular weight excluding hydrogens is 442 g/mol. The Morgan fingerprint density at radius 2 is 2.00 bits per heavy atom. The molecule has 0 aromatic carbocycles. The van der Waals surface area contributed by atoms with Gasteiger partial charge in [-0.05, 0) is 64.4 Å². The Balaban J connectivity index is 1.54. The van der Waals surface area contributed by atoms with Crippen LogP contribution in [-0.4, -0.2) is 51.9 Å². The lowest BCUT2D eigenvalue weighted by Gasteiger charge is -2.44. The standard InChI is InChI=1S/C24H35N3O3S2/c1-4-30-14-8-13-27-23(29)21-16(2)17(3)32-22(21)25-24(27)31-15-20(28)26-12-7-10-18-9-5-6-11-19(18)26/h18-19H,4-15H2,1-3H3/t18-,19+/m1/s1. The van der Waals surface area contributed by atoms with Gasteiger partial charge in [-0.1, -0.05) is 24.6 Å². The van der Waals surface area contributed by atoms with Crippen molar-refractivity contribution in [1.29, 1.82) is 0 Å². The predicted molar refractivity (Wildman–Crippen MR) is 132 cm³/mol. The summed E-state index contributed by atoms with van der Waals surface area (Å²) in [6.07, 6.45) is 8.05. The molecule has 1 saturated heterocycles. The molecule has 0 spiro atoms. The van der Waals surface area contributed by atoms with Gasteiger partial charge < -0.3 is 9.64 Å². The highest BCUT2D eigenvalue weighted by Crippen LogP contribution is 2.36. The van der Waals surface area contributed by atoms with Gasteiger partial charge in [-0.25, -0.2) is 4.98 Å². The number of piperidine rings is 1. The maximum atomic E-state index is 13.4. The third kappa shape index (κ3) is 4.92. The molecule has 2 aliphatic rings. The number of amides is 1. The van der Waals surface area contributed by atoms with Crippen molar-refractivity contribution >= 4 is 39.2 Å². The number of thiophene rings is 1. The summed E-state index contributed by atoms with van der Waals surface area (Å²) < 4.78 is 7.24. The molecule has 1 aliphatic carbocycles. The highest BCUT2D eigenvalue weighted by atomic mass is 32.2. The maximum Gasteiger partial charge on any atom is 0.263 e. The van der Waals surface area contributed by atoms with Gasteiger partial charge in [-0.3, -0.25) is 14.2 Å². The van der Waals surface area contributed by atoms with Crippen molar-refractivity contribution in [3.8, 4) is 0 Å². The van der Waals surface area contributed by atoms with Crippen molar-refractivity contribution in [2.24, 2.45) is 5.92 Å². The number of fused-ring (bicyclic) bond motifs is 2. The zero-order valence-corrected chi connectivity index (χ0v) is 21.2. The molecule has 176 valence electrons. The van der Waals surface area contributed by atoms with Gasteiger partial charge in [0.2, 0.25) is 5.91 Å². The number of hydrogen-bond acceptors (Lipinski definition) is 6. The molecule has 32 heavy (non-hydrogen) atoms. The summed E-state index contributed by atoms with van der Waals surface area (Å²) in [5.74, 6) is 1.21. The number of aryl methyl sites for hydroxylation is 2. The van der Waals surface area contributed by atoms with Crippen LogP contribution in [0, 0.1) is 19.8 Å². The van der Waals surface area contributed by atoms with Crippen LogP contribution in [0.25, 0.3) is 10.2 Å². The summed E-state index contributed by atoms with van der Waals surface area (Å²) in [5, 5.41) is 1.38. The van der Waals surface area contributed by atoms with Crippen molar-refractivity contribution in [3.05, 3.63) is 20.8 Å². The number of ether oxygens (including phenoxy) is 1. The molecule has 3 heterocycles. The first-order valence-corrected chi connectivity index (χ1v) is 13.8. The van der Waals surface area contributed by atoms with E-state index in [2.05, 4.69) is 4.90 Å². The van der Waals surface area contributed by atoms with Gasteiger partial charge >= 0.3 is 0 Å². The molecule has 0 bridgehead atoms. The van der Waals surface area contributed by atoms with Gasteiger partial charge in [0.25, 0.3) is 5.56 Å². The lowest BCUT2D eigenvalue weighted by molar-refractivity contribution is -0.134. The summed E-state index contributed by atoms with van der Waals surface area (Å²) in [6.45, 7) is 8.72. The SMILES string of the molecule is CCOCCCn1c(SCC(=O)N2CCC[C@H]3CCCC[C@@H]32)nc2sc(C)c(C)c2c1=O. The first-order chi connectivity index (χ1) is 15.5. The molecule has 2 aromatic heterocycles. The molecule has 0 unspecified atom stereocenters. The fourth-order valence-electron chi connectivity index (χ4n) is 5.23. The second-order valence-electron chi connectivity index (χ2n) is 8.99. The van der Waals surface area contributed by atoms with E-state index in [-0.39, 0.29) is 11.5 Å². The Morgan fingerprint density at radius 1 is 1.22 bits per heavy atom. The van der Waals surface area contributed by atoms with Crippen LogP contribution in [0.15, 0.2) is 9.95 Å². The van der Waals surface area contributed by atoms with Crippen LogP contribution in [-0.2, 0) is 16.1 Å². The quantitative estimate of drug-likeness (QED) is 0.311. The number of likely N-dealkylation sites (tertiary alicyclic amines) is 1. The van der Waals surface area contributed by atoms with E-state index in [1.165, 1.54) is 37.4 Å². The minimum atomic E-state index is 0.00798. The topological polar surface area (TPSA) is 64.4 Å². The molecule has 6 nitrogen and oxygen atoms in total. The highest BCUT2D eigenvalue weighted by molar-refractivity contribution is 7.99. The van der Waals surface area contributed by atoms with Crippen LogP contribution < -0.4 is 5.56 Å². The molecule has 0 N–H and O–H groups in total. The molecular formula is C24H35N3O3S2.